The lowest BCUT2D eigenvalue weighted by atomic mass is 10.1. The van der Waals surface area contributed by atoms with Crippen LogP contribution in [0, 0.1) is 6.92 Å². The number of rotatable bonds is 2. The van der Waals surface area contributed by atoms with Crippen molar-refractivity contribution in [2.75, 3.05) is 0 Å². The van der Waals surface area contributed by atoms with Gasteiger partial charge >= 0.3 is 0 Å². The van der Waals surface area contributed by atoms with E-state index >= 15 is 0 Å². The Kier molecular flexibility index (Phi) is 3.06. The van der Waals surface area contributed by atoms with Gasteiger partial charge in [0, 0.05) is 0 Å². The molecular formula is C15H12ClNS. The minimum Gasteiger partial charge on any atom is -0.239 e. The number of nitrogens with zero attached hydrogens (tertiary/aromatic N) is 1. The van der Waals surface area contributed by atoms with Gasteiger partial charge in [0.1, 0.15) is 10.4 Å². The number of benzene rings is 2. The maximum atomic E-state index is 6.49. The molecule has 0 saturated carbocycles. The third kappa shape index (κ3) is 2.14. The van der Waals surface area contributed by atoms with Crippen LogP contribution in [0.2, 0.25) is 0 Å². The summed E-state index contributed by atoms with van der Waals surface area (Å²) >= 11 is 8.16. The monoisotopic (exact) mass is 273 g/mol. The molecule has 1 unspecified atom stereocenters. The molecule has 18 heavy (non-hydrogen) atoms. The maximum absolute atomic E-state index is 6.49. The van der Waals surface area contributed by atoms with Crippen LogP contribution < -0.4 is 0 Å². The zero-order valence-corrected chi connectivity index (χ0v) is 11.5. The summed E-state index contributed by atoms with van der Waals surface area (Å²) < 4.78 is 1.20. The van der Waals surface area contributed by atoms with Gasteiger partial charge in [-0.15, -0.1) is 22.9 Å². The predicted octanol–water partition coefficient (Wildman–Crippen LogP) is 4.93. The average Bonchev–Trinajstić information content (AvgIpc) is 2.81. The van der Waals surface area contributed by atoms with Gasteiger partial charge in [0.25, 0.3) is 0 Å². The van der Waals surface area contributed by atoms with Crippen LogP contribution >= 0.6 is 22.9 Å². The van der Waals surface area contributed by atoms with Crippen LogP contribution in [0.4, 0.5) is 0 Å². The van der Waals surface area contributed by atoms with Gasteiger partial charge in [0.15, 0.2) is 0 Å². The minimum absolute atomic E-state index is 0.163. The standard InChI is InChI=1S/C15H12ClNS/c1-10-7-8-12-13(9-10)18-15(17-12)14(16)11-5-3-2-4-6-11/h2-9,14H,1H3. The largest absolute Gasteiger partial charge is 0.239 e. The molecule has 90 valence electrons. The average molecular weight is 274 g/mol. The highest BCUT2D eigenvalue weighted by Gasteiger charge is 2.15. The first-order chi connectivity index (χ1) is 8.74. The van der Waals surface area contributed by atoms with E-state index in [2.05, 4.69) is 30.1 Å². The fraction of sp³-hybridized carbons (Fsp3) is 0.133. The summed E-state index contributed by atoms with van der Waals surface area (Å²) in [6, 6.07) is 16.4. The Morgan fingerprint density at radius 2 is 1.89 bits per heavy atom. The molecule has 3 rings (SSSR count). The highest BCUT2D eigenvalue weighted by Crippen LogP contribution is 2.34. The summed E-state index contributed by atoms with van der Waals surface area (Å²) in [7, 11) is 0. The number of hydrogen-bond donors (Lipinski definition) is 0. The third-order valence-electron chi connectivity index (χ3n) is 2.87. The molecule has 1 aromatic heterocycles. The van der Waals surface area contributed by atoms with Crippen molar-refractivity contribution >= 4 is 33.2 Å². The fourth-order valence-corrected chi connectivity index (χ4v) is 3.32. The summed E-state index contributed by atoms with van der Waals surface area (Å²) in [6.07, 6.45) is 0. The van der Waals surface area contributed by atoms with Gasteiger partial charge in [-0.1, -0.05) is 36.4 Å². The number of fused-ring (bicyclic) bond motifs is 1. The van der Waals surface area contributed by atoms with Crippen molar-refractivity contribution in [1.29, 1.82) is 0 Å². The zero-order chi connectivity index (χ0) is 12.5. The number of aryl methyl sites for hydroxylation is 1. The van der Waals surface area contributed by atoms with E-state index in [0.29, 0.717) is 0 Å². The van der Waals surface area contributed by atoms with Crippen molar-refractivity contribution in [2.45, 2.75) is 12.3 Å². The van der Waals surface area contributed by atoms with Crippen LogP contribution in [-0.2, 0) is 0 Å². The van der Waals surface area contributed by atoms with Gasteiger partial charge in [0.2, 0.25) is 0 Å². The minimum atomic E-state index is -0.163. The van der Waals surface area contributed by atoms with E-state index in [9.17, 15) is 0 Å². The number of alkyl halides is 1. The maximum Gasteiger partial charge on any atom is 0.116 e. The second-order valence-corrected chi connectivity index (χ2v) is 5.80. The van der Waals surface area contributed by atoms with Gasteiger partial charge < -0.3 is 0 Å². The lowest BCUT2D eigenvalue weighted by Gasteiger charge is -2.05. The molecule has 3 aromatic rings. The van der Waals surface area contributed by atoms with Crippen molar-refractivity contribution in [3.8, 4) is 0 Å². The number of halogens is 1. The summed E-state index contributed by atoms with van der Waals surface area (Å²) in [4.78, 5) is 4.62. The second kappa shape index (κ2) is 4.71. The fourth-order valence-electron chi connectivity index (χ4n) is 1.92. The summed E-state index contributed by atoms with van der Waals surface area (Å²) in [5.74, 6) is 0. The first-order valence-electron chi connectivity index (χ1n) is 5.80. The Morgan fingerprint density at radius 3 is 2.67 bits per heavy atom. The SMILES string of the molecule is Cc1ccc2nc(C(Cl)c3ccccc3)sc2c1. The molecule has 0 bridgehead atoms. The van der Waals surface area contributed by atoms with Gasteiger partial charge in [-0.25, -0.2) is 4.98 Å². The van der Waals surface area contributed by atoms with Crippen LogP contribution in [0.5, 0.6) is 0 Å². The first kappa shape index (κ1) is 11.7. The molecule has 0 radical (unpaired) electrons. The molecule has 0 amide bonds. The van der Waals surface area contributed by atoms with E-state index in [0.717, 1.165) is 16.1 Å². The smallest absolute Gasteiger partial charge is 0.116 e. The van der Waals surface area contributed by atoms with Crippen molar-refractivity contribution in [1.82, 2.24) is 4.98 Å². The topological polar surface area (TPSA) is 12.9 Å². The van der Waals surface area contributed by atoms with Crippen LogP contribution in [0.3, 0.4) is 0 Å². The molecule has 0 aliphatic rings. The van der Waals surface area contributed by atoms with Gasteiger partial charge in [-0.3, -0.25) is 0 Å². The van der Waals surface area contributed by atoms with Crippen molar-refractivity contribution in [3.05, 3.63) is 64.7 Å². The van der Waals surface area contributed by atoms with E-state index < -0.39 is 0 Å². The van der Waals surface area contributed by atoms with Gasteiger partial charge in [-0.2, -0.15) is 0 Å². The lowest BCUT2D eigenvalue weighted by molar-refractivity contribution is 1.11. The van der Waals surface area contributed by atoms with E-state index in [1.165, 1.54) is 10.3 Å². The Bertz CT molecular complexity index is 675. The second-order valence-electron chi connectivity index (χ2n) is 4.30. The van der Waals surface area contributed by atoms with Crippen LogP contribution in [0.15, 0.2) is 48.5 Å². The summed E-state index contributed by atoms with van der Waals surface area (Å²) in [5.41, 5.74) is 3.38. The quantitative estimate of drug-likeness (QED) is 0.603. The molecule has 1 nitrogen and oxygen atoms in total. The van der Waals surface area contributed by atoms with E-state index in [1.807, 2.05) is 30.3 Å². The Hall–Kier alpha value is -1.38. The van der Waals surface area contributed by atoms with Gasteiger partial charge in [0.05, 0.1) is 10.2 Å². The van der Waals surface area contributed by atoms with E-state index in [4.69, 9.17) is 11.6 Å². The number of thiazole rings is 1. The predicted molar refractivity (Wildman–Crippen MR) is 78.5 cm³/mol. The molecule has 2 aromatic carbocycles. The molecule has 0 fully saturated rings. The summed E-state index contributed by atoms with van der Waals surface area (Å²) in [5, 5.41) is 0.798. The number of aromatic nitrogens is 1. The highest BCUT2D eigenvalue weighted by atomic mass is 35.5. The van der Waals surface area contributed by atoms with Crippen molar-refractivity contribution in [2.24, 2.45) is 0 Å². The summed E-state index contributed by atoms with van der Waals surface area (Å²) in [6.45, 7) is 2.09. The first-order valence-corrected chi connectivity index (χ1v) is 7.05. The molecule has 0 N–H and O–H groups in total. The normalized spacial score (nSPS) is 12.8. The highest BCUT2D eigenvalue weighted by molar-refractivity contribution is 7.18. The van der Waals surface area contributed by atoms with Crippen molar-refractivity contribution < 1.29 is 0 Å². The molecule has 0 aliphatic heterocycles. The molecule has 0 aliphatic carbocycles. The molecule has 0 spiro atoms. The molecule has 3 heteroatoms. The Morgan fingerprint density at radius 1 is 1.11 bits per heavy atom. The Balaban J connectivity index is 2.04. The molecule has 1 atom stereocenters. The van der Waals surface area contributed by atoms with Crippen molar-refractivity contribution in [3.63, 3.8) is 0 Å². The van der Waals surface area contributed by atoms with E-state index in [-0.39, 0.29) is 5.38 Å². The molecule has 1 heterocycles. The zero-order valence-electron chi connectivity index (χ0n) is 9.93. The third-order valence-corrected chi connectivity index (χ3v) is 4.54. The molecular weight excluding hydrogens is 262 g/mol. The molecule has 0 saturated heterocycles. The van der Waals surface area contributed by atoms with E-state index in [1.54, 1.807) is 11.3 Å². The van der Waals surface area contributed by atoms with Crippen LogP contribution in [0.25, 0.3) is 10.2 Å². The Labute approximate surface area is 115 Å². The van der Waals surface area contributed by atoms with Crippen LogP contribution in [-0.4, -0.2) is 4.98 Å². The number of hydrogen-bond acceptors (Lipinski definition) is 2. The lowest BCUT2D eigenvalue weighted by Crippen LogP contribution is -1.91. The van der Waals surface area contributed by atoms with Gasteiger partial charge in [-0.05, 0) is 30.2 Å². The van der Waals surface area contributed by atoms with Crippen LogP contribution in [0.1, 0.15) is 21.5 Å².